The maximum Gasteiger partial charge on any atom is 0.295 e. The van der Waals surface area contributed by atoms with Gasteiger partial charge in [0.15, 0.2) is 0 Å². The van der Waals surface area contributed by atoms with Gasteiger partial charge < -0.3 is 19.5 Å². The predicted octanol–water partition coefficient (Wildman–Crippen LogP) is 3.67. The lowest BCUT2D eigenvalue weighted by atomic mass is 9.98. The second-order valence-corrected chi connectivity index (χ2v) is 8.23. The second-order valence-electron chi connectivity index (χ2n) is 7.28. The monoisotopic (exact) mass is 413 g/mol. The number of Topliss-reactive ketones (excluding diaryl/α,β-unsaturated/α-hetero) is 1. The zero-order valence-electron chi connectivity index (χ0n) is 16.4. The minimum absolute atomic E-state index is 0.0861. The zero-order valence-corrected chi connectivity index (χ0v) is 17.2. The van der Waals surface area contributed by atoms with Crippen molar-refractivity contribution in [1.82, 2.24) is 4.90 Å². The summed E-state index contributed by atoms with van der Waals surface area (Å²) in [7, 11) is 1.56. The molecular weight excluding hydrogens is 390 g/mol. The van der Waals surface area contributed by atoms with Gasteiger partial charge in [-0.1, -0.05) is 0 Å². The standard InChI is InChI=1S/C22H23NO5S/c1-13-9-11-29-21(13)18-17(19(24)14-5-7-15(27-2)8-6-14)20(25)22(26)23(18)12-16-4-3-10-28-16/h5-9,11,16,18,24H,3-4,10,12H2,1-2H3. The number of methoxy groups -OCH3 is 1. The fourth-order valence-corrected chi connectivity index (χ4v) is 4.96. The molecular formula is C22H23NO5S. The zero-order chi connectivity index (χ0) is 20.5. The Hall–Kier alpha value is -2.64. The highest BCUT2D eigenvalue weighted by atomic mass is 32.1. The van der Waals surface area contributed by atoms with Crippen molar-refractivity contribution in [3.8, 4) is 5.75 Å². The number of hydrogen-bond acceptors (Lipinski definition) is 6. The second kappa shape index (κ2) is 8.00. The molecule has 4 rings (SSSR count). The largest absolute Gasteiger partial charge is 0.507 e. The first-order valence-electron chi connectivity index (χ1n) is 9.59. The van der Waals surface area contributed by atoms with Gasteiger partial charge in [-0.2, -0.15) is 0 Å². The molecule has 2 atom stereocenters. The van der Waals surface area contributed by atoms with Crippen LogP contribution in [0.4, 0.5) is 0 Å². The van der Waals surface area contributed by atoms with Gasteiger partial charge in [-0.05, 0) is 61.0 Å². The van der Waals surface area contributed by atoms with Crippen LogP contribution in [0.25, 0.3) is 5.76 Å². The third-order valence-corrected chi connectivity index (χ3v) is 6.55. The van der Waals surface area contributed by atoms with Gasteiger partial charge in [0.1, 0.15) is 11.5 Å². The summed E-state index contributed by atoms with van der Waals surface area (Å²) < 4.78 is 10.9. The molecule has 0 saturated carbocycles. The molecule has 2 saturated heterocycles. The average molecular weight is 413 g/mol. The number of ketones is 1. The minimum Gasteiger partial charge on any atom is -0.507 e. The smallest absolute Gasteiger partial charge is 0.295 e. The molecule has 1 aromatic carbocycles. The van der Waals surface area contributed by atoms with E-state index in [-0.39, 0.29) is 17.4 Å². The van der Waals surface area contributed by atoms with Crippen molar-refractivity contribution in [3.05, 3.63) is 57.3 Å². The number of likely N-dealkylation sites (tertiary alicyclic amines) is 1. The summed E-state index contributed by atoms with van der Waals surface area (Å²) in [6.07, 6.45) is 1.72. The number of benzene rings is 1. The van der Waals surface area contributed by atoms with Crippen LogP contribution in [0, 0.1) is 6.92 Å². The lowest BCUT2D eigenvalue weighted by Crippen LogP contribution is -2.36. The van der Waals surface area contributed by atoms with Crippen LogP contribution in [0.1, 0.15) is 34.9 Å². The van der Waals surface area contributed by atoms with Crippen LogP contribution in [0.3, 0.4) is 0 Å². The molecule has 6 nitrogen and oxygen atoms in total. The maximum atomic E-state index is 13.0. The van der Waals surface area contributed by atoms with E-state index in [0.29, 0.717) is 24.5 Å². The molecule has 1 N–H and O–H groups in total. The van der Waals surface area contributed by atoms with Gasteiger partial charge in [-0.25, -0.2) is 0 Å². The first-order chi connectivity index (χ1) is 14.0. The van der Waals surface area contributed by atoms with Crippen LogP contribution in [0.2, 0.25) is 0 Å². The number of aliphatic hydroxyl groups excluding tert-OH is 1. The summed E-state index contributed by atoms with van der Waals surface area (Å²) in [6, 6.07) is 8.13. The number of ether oxygens (including phenoxy) is 2. The number of amides is 1. The van der Waals surface area contributed by atoms with Crippen LogP contribution in [-0.4, -0.2) is 48.1 Å². The lowest BCUT2D eigenvalue weighted by molar-refractivity contribution is -0.140. The average Bonchev–Trinajstić information content (AvgIpc) is 3.45. The highest BCUT2D eigenvalue weighted by Crippen LogP contribution is 2.43. The number of thiophene rings is 1. The summed E-state index contributed by atoms with van der Waals surface area (Å²) in [5.41, 5.74) is 1.59. The summed E-state index contributed by atoms with van der Waals surface area (Å²) in [5.74, 6) is -0.771. The number of hydrogen-bond donors (Lipinski definition) is 1. The van der Waals surface area contributed by atoms with Crippen LogP contribution in [0.15, 0.2) is 41.3 Å². The quantitative estimate of drug-likeness (QED) is 0.460. The van der Waals surface area contributed by atoms with Crippen molar-refractivity contribution in [1.29, 1.82) is 0 Å². The summed E-state index contributed by atoms with van der Waals surface area (Å²) in [4.78, 5) is 28.3. The molecule has 2 aliphatic heterocycles. The van der Waals surface area contributed by atoms with Crippen molar-refractivity contribution < 1.29 is 24.2 Å². The van der Waals surface area contributed by atoms with E-state index >= 15 is 0 Å². The van der Waals surface area contributed by atoms with E-state index in [1.54, 1.807) is 36.3 Å². The van der Waals surface area contributed by atoms with Gasteiger partial charge in [0.25, 0.3) is 11.7 Å². The Kier molecular flexibility index (Phi) is 5.43. The Morgan fingerprint density at radius 2 is 2.03 bits per heavy atom. The molecule has 152 valence electrons. The molecule has 2 aliphatic rings. The Labute approximate surface area is 173 Å². The number of rotatable bonds is 5. The van der Waals surface area contributed by atoms with Gasteiger partial charge in [-0.15, -0.1) is 11.3 Å². The van der Waals surface area contributed by atoms with E-state index in [0.717, 1.165) is 23.3 Å². The molecule has 2 fully saturated rings. The first-order valence-corrected chi connectivity index (χ1v) is 10.5. The van der Waals surface area contributed by atoms with Crippen LogP contribution >= 0.6 is 11.3 Å². The van der Waals surface area contributed by atoms with E-state index in [1.165, 1.54) is 11.3 Å². The van der Waals surface area contributed by atoms with Gasteiger partial charge >= 0.3 is 0 Å². The summed E-state index contributed by atoms with van der Waals surface area (Å²) in [6.45, 7) is 2.96. The topological polar surface area (TPSA) is 76.1 Å². The molecule has 7 heteroatoms. The number of aliphatic hydroxyl groups is 1. The van der Waals surface area contributed by atoms with Crippen LogP contribution in [-0.2, 0) is 14.3 Å². The van der Waals surface area contributed by atoms with Gasteiger partial charge in [0.05, 0.1) is 24.8 Å². The third-order valence-electron chi connectivity index (χ3n) is 5.48. The molecule has 29 heavy (non-hydrogen) atoms. The van der Waals surface area contributed by atoms with Gasteiger partial charge in [-0.3, -0.25) is 9.59 Å². The van der Waals surface area contributed by atoms with Gasteiger partial charge in [0, 0.05) is 23.6 Å². The number of carbonyl (C=O) groups is 2. The molecule has 2 unspecified atom stereocenters. The molecule has 3 heterocycles. The number of carbonyl (C=O) groups excluding carboxylic acids is 2. The third kappa shape index (κ3) is 3.56. The molecule has 0 spiro atoms. The van der Waals surface area contributed by atoms with E-state index < -0.39 is 17.7 Å². The number of aryl methyl sites for hydroxylation is 1. The predicted molar refractivity (Wildman–Crippen MR) is 110 cm³/mol. The molecule has 0 aliphatic carbocycles. The lowest BCUT2D eigenvalue weighted by Gasteiger charge is -2.27. The number of nitrogens with zero attached hydrogens (tertiary/aromatic N) is 1. The van der Waals surface area contributed by atoms with Crippen LogP contribution < -0.4 is 4.74 Å². The van der Waals surface area contributed by atoms with Crippen molar-refractivity contribution in [3.63, 3.8) is 0 Å². The molecule has 0 bridgehead atoms. The highest BCUT2D eigenvalue weighted by Gasteiger charge is 2.47. The van der Waals surface area contributed by atoms with Crippen molar-refractivity contribution in [2.75, 3.05) is 20.3 Å². The van der Waals surface area contributed by atoms with E-state index in [2.05, 4.69) is 0 Å². The van der Waals surface area contributed by atoms with Crippen molar-refractivity contribution in [2.45, 2.75) is 31.9 Å². The minimum atomic E-state index is -0.658. The molecule has 0 radical (unpaired) electrons. The fraction of sp³-hybridized carbons (Fsp3) is 0.364. The first kappa shape index (κ1) is 19.7. The van der Waals surface area contributed by atoms with Crippen LogP contribution in [0.5, 0.6) is 5.75 Å². The van der Waals surface area contributed by atoms with Crippen molar-refractivity contribution >= 4 is 28.8 Å². The van der Waals surface area contributed by atoms with E-state index in [4.69, 9.17) is 9.47 Å². The highest BCUT2D eigenvalue weighted by molar-refractivity contribution is 7.10. The normalized spacial score (nSPS) is 23.7. The SMILES string of the molecule is COc1ccc(C(O)=C2C(=O)C(=O)N(CC3CCCO3)C2c2sccc2C)cc1. The maximum absolute atomic E-state index is 13.0. The molecule has 1 aromatic heterocycles. The Morgan fingerprint density at radius 1 is 1.28 bits per heavy atom. The van der Waals surface area contributed by atoms with Crippen molar-refractivity contribution in [2.24, 2.45) is 0 Å². The Bertz CT molecular complexity index is 956. The molecule has 1 amide bonds. The molecule has 2 aromatic rings. The summed E-state index contributed by atoms with van der Waals surface area (Å²) >= 11 is 1.48. The summed E-state index contributed by atoms with van der Waals surface area (Å²) in [5, 5.41) is 13.0. The Balaban J connectivity index is 1.80. The van der Waals surface area contributed by atoms with Gasteiger partial charge in [0.2, 0.25) is 0 Å². The van der Waals surface area contributed by atoms with E-state index in [1.807, 2.05) is 18.4 Å². The van der Waals surface area contributed by atoms with E-state index in [9.17, 15) is 14.7 Å². The Morgan fingerprint density at radius 3 is 2.62 bits per heavy atom. The fourth-order valence-electron chi connectivity index (χ4n) is 3.92.